The van der Waals surface area contributed by atoms with Crippen molar-refractivity contribution in [2.75, 3.05) is 18.0 Å². The Bertz CT molecular complexity index is 686. The first-order chi connectivity index (χ1) is 11.9. The molecule has 1 aliphatic heterocycles. The zero-order chi connectivity index (χ0) is 18.2. The maximum Gasteiger partial charge on any atom is 0.169 e. The summed E-state index contributed by atoms with van der Waals surface area (Å²) in [4.78, 5) is 2.64. The van der Waals surface area contributed by atoms with E-state index in [9.17, 15) is 0 Å². The summed E-state index contributed by atoms with van der Waals surface area (Å²) < 4.78 is 2.78. The number of aromatic nitrogens is 1. The molecule has 25 heavy (non-hydrogen) atoms. The van der Waals surface area contributed by atoms with Crippen molar-refractivity contribution in [2.24, 2.45) is 0 Å². The Hall–Kier alpha value is -1.22. The molecule has 0 N–H and O–H groups in total. The van der Waals surface area contributed by atoms with Crippen LogP contribution in [0.2, 0.25) is 16.6 Å². The van der Waals surface area contributed by atoms with E-state index >= 15 is 0 Å². The van der Waals surface area contributed by atoms with Gasteiger partial charge in [0.15, 0.2) is 8.24 Å². The number of fused-ring (bicyclic) bond motifs is 1. The van der Waals surface area contributed by atoms with Crippen LogP contribution in [0.1, 0.15) is 60.8 Å². The maximum atomic E-state index is 2.78. The molecule has 0 saturated carbocycles. The highest BCUT2D eigenvalue weighted by Crippen LogP contribution is 2.46. The van der Waals surface area contributed by atoms with Gasteiger partial charge in [0.1, 0.15) is 0 Å². The monoisotopic (exact) mass is 356 g/mol. The van der Waals surface area contributed by atoms with Gasteiger partial charge in [-0.2, -0.15) is 0 Å². The number of piperidine rings is 1. The molecule has 0 radical (unpaired) electrons. The lowest BCUT2D eigenvalue weighted by Gasteiger charge is -2.44. The summed E-state index contributed by atoms with van der Waals surface area (Å²) >= 11 is 0. The molecule has 2 heterocycles. The highest BCUT2D eigenvalue weighted by Gasteiger charge is 2.46. The first-order valence-electron chi connectivity index (χ1n) is 10.3. The van der Waals surface area contributed by atoms with E-state index in [1.165, 1.54) is 48.9 Å². The van der Waals surface area contributed by atoms with Gasteiger partial charge in [0, 0.05) is 30.2 Å². The fourth-order valence-corrected chi connectivity index (χ4v) is 12.3. The number of benzene rings is 1. The predicted molar refractivity (Wildman–Crippen MR) is 114 cm³/mol. The Balaban J connectivity index is 2.24. The van der Waals surface area contributed by atoms with Gasteiger partial charge in [0.25, 0.3) is 0 Å². The number of nitrogens with zero attached hydrogens (tertiary/aromatic N) is 2. The average molecular weight is 357 g/mol. The van der Waals surface area contributed by atoms with E-state index in [1.807, 2.05) is 0 Å². The maximum absolute atomic E-state index is 2.78. The Morgan fingerprint density at radius 2 is 1.36 bits per heavy atom. The first kappa shape index (κ1) is 18.6. The third-order valence-corrected chi connectivity index (χ3v) is 13.3. The minimum Gasteiger partial charge on any atom is -0.371 e. The molecule has 138 valence electrons. The lowest BCUT2D eigenvalue weighted by atomic mass is 10.1. The topological polar surface area (TPSA) is 8.17 Å². The lowest BCUT2D eigenvalue weighted by Crippen LogP contribution is -2.51. The molecule has 1 saturated heterocycles. The second kappa shape index (κ2) is 7.18. The molecule has 0 unspecified atom stereocenters. The van der Waals surface area contributed by atoms with Crippen molar-refractivity contribution in [3.63, 3.8) is 0 Å². The zero-order valence-corrected chi connectivity index (χ0v) is 18.0. The quantitative estimate of drug-likeness (QED) is 0.544. The lowest BCUT2D eigenvalue weighted by molar-refractivity contribution is 0.578. The molecule has 1 aromatic heterocycles. The number of hydrogen-bond acceptors (Lipinski definition) is 1. The summed E-state index contributed by atoms with van der Waals surface area (Å²) in [6, 6.07) is 9.13. The van der Waals surface area contributed by atoms with Crippen LogP contribution < -0.4 is 4.90 Å². The fraction of sp³-hybridized carbons (Fsp3) is 0.636. The highest BCUT2D eigenvalue weighted by molar-refractivity contribution is 6.82. The summed E-state index contributed by atoms with van der Waals surface area (Å²) in [7, 11) is -1.72. The third kappa shape index (κ3) is 2.95. The van der Waals surface area contributed by atoms with Crippen molar-refractivity contribution in [2.45, 2.75) is 77.4 Å². The molecule has 2 nitrogen and oxygen atoms in total. The normalized spacial score (nSPS) is 16.6. The van der Waals surface area contributed by atoms with Crippen LogP contribution in [0, 0.1) is 0 Å². The Labute approximate surface area is 155 Å². The number of hydrogen-bond donors (Lipinski definition) is 0. The zero-order valence-electron chi connectivity index (χ0n) is 17.0. The highest BCUT2D eigenvalue weighted by atomic mass is 28.3. The molecule has 0 atom stereocenters. The summed E-state index contributed by atoms with van der Waals surface area (Å²) in [6.07, 6.45) is 6.60. The van der Waals surface area contributed by atoms with Gasteiger partial charge >= 0.3 is 0 Å². The number of para-hydroxylation sites is 1. The van der Waals surface area contributed by atoms with Gasteiger partial charge in [-0.25, -0.2) is 0 Å². The van der Waals surface area contributed by atoms with Crippen LogP contribution in [-0.4, -0.2) is 25.6 Å². The molecular formula is C22H36N2Si. The van der Waals surface area contributed by atoms with E-state index in [2.05, 4.69) is 81.1 Å². The van der Waals surface area contributed by atoms with Crippen molar-refractivity contribution in [3.05, 3.63) is 30.5 Å². The summed E-state index contributed by atoms with van der Waals surface area (Å²) in [5.74, 6) is 0. The van der Waals surface area contributed by atoms with Crippen molar-refractivity contribution in [1.29, 1.82) is 0 Å². The van der Waals surface area contributed by atoms with E-state index in [1.54, 1.807) is 0 Å². The molecule has 1 aliphatic rings. The van der Waals surface area contributed by atoms with Gasteiger partial charge in [0.2, 0.25) is 0 Å². The van der Waals surface area contributed by atoms with E-state index in [0.29, 0.717) is 0 Å². The summed E-state index contributed by atoms with van der Waals surface area (Å²) in [6.45, 7) is 17.2. The molecule has 0 bridgehead atoms. The van der Waals surface area contributed by atoms with Crippen LogP contribution in [0.3, 0.4) is 0 Å². The number of anilines is 1. The largest absolute Gasteiger partial charge is 0.371 e. The Morgan fingerprint density at radius 3 is 1.92 bits per heavy atom. The van der Waals surface area contributed by atoms with Gasteiger partial charge in [0.05, 0.1) is 5.69 Å². The molecule has 3 heteroatoms. The van der Waals surface area contributed by atoms with Crippen molar-refractivity contribution in [3.8, 4) is 0 Å². The predicted octanol–water partition coefficient (Wildman–Crippen LogP) is 6.66. The second-order valence-electron chi connectivity index (χ2n) is 8.80. The molecular weight excluding hydrogens is 320 g/mol. The molecule has 0 aliphatic carbocycles. The van der Waals surface area contributed by atoms with E-state index in [0.717, 1.165) is 16.6 Å². The molecule has 0 spiro atoms. The van der Waals surface area contributed by atoms with E-state index < -0.39 is 8.24 Å². The van der Waals surface area contributed by atoms with Crippen LogP contribution in [0.5, 0.6) is 0 Å². The van der Waals surface area contributed by atoms with E-state index in [4.69, 9.17) is 0 Å². The Morgan fingerprint density at radius 1 is 0.800 bits per heavy atom. The van der Waals surface area contributed by atoms with Crippen LogP contribution in [0.15, 0.2) is 30.5 Å². The average Bonchev–Trinajstić information content (AvgIpc) is 2.95. The minimum absolute atomic E-state index is 0.720. The van der Waals surface area contributed by atoms with Crippen LogP contribution >= 0.6 is 0 Å². The van der Waals surface area contributed by atoms with Crippen molar-refractivity contribution in [1.82, 2.24) is 4.23 Å². The van der Waals surface area contributed by atoms with Crippen LogP contribution in [0.4, 0.5) is 5.69 Å². The van der Waals surface area contributed by atoms with Gasteiger partial charge in [-0.3, -0.25) is 0 Å². The van der Waals surface area contributed by atoms with Gasteiger partial charge in [-0.05, 0) is 42.0 Å². The summed E-state index contributed by atoms with van der Waals surface area (Å²) in [5, 5.41) is 1.46. The van der Waals surface area contributed by atoms with Gasteiger partial charge < -0.3 is 9.13 Å². The minimum atomic E-state index is -1.72. The Kier molecular flexibility index (Phi) is 5.33. The molecule has 2 aromatic rings. The van der Waals surface area contributed by atoms with Crippen molar-refractivity contribution < 1.29 is 0 Å². The third-order valence-electron chi connectivity index (χ3n) is 6.58. The summed E-state index contributed by atoms with van der Waals surface area (Å²) in [5.41, 5.74) is 5.10. The SMILES string of the molecule is CC(C)[Si](C(C)C)(C(C)C)n1cc(N2CCCCC2)c2ccccc21. The molecule has 1 fully saturated rings. The van der Waals surface area contributed by atoms with Crippen LogP contribution in [-0.2, 0) is 0 Å². The first-order valence-corrected chi connectivity index (χ1v) is 12.4. The van der Waals surface area contributed by atoms with Crippen molar-refractivity contribution >= 4 is 24.8 Å². The van der Waals surface area contributed by atoms with Gasteiger partial charge in [-0.15, -0.1) is 0 Å². The fourth-order valence-electron chi connectivity index (χ4n) is 5.70. The van der Waals surface area contributed by atoms with Gasteiger partial charge in [-0.1, -0.05) is 59.7 Å². The molecule has 0 amide bonds. The standard InChI is InChI=1S/C22H36N2Si/c1-17(2)25(18(3)4,19(5)6)24-16-22(23-14-10-7-11-15-23)20-12-8-9-13-21(20)24/h8-9,12-13,16-19H,7,10-11,14-15H2,1-6H3. The number of rotatable bonds is 5. The smallest absolute Gasteiger partial charge is 0.169 e. The van der Waals surface area contributed by atoms with Crippen LogP contribution in [0.25, 0.3) is 10.9 Å². The molecule has 3 rings (SSSR count). The van der Waals surface area contributed by atoms with E-state index in [-0.39, 0.29) is 0 Å². The molecule has 1 aromatic carbocycles. The second-order valence-corrected chi connectivity index (χ2v) is 14.5.